The zero-order valence-electron chi connectivity index (χ0n) is 13.9. The summed E-state index contributed by atoms with van der Waals surface area (Å²) in [6.07, 6.45) is 5.36. The minimum absolute atomic E-state index is 0.0870. The van der Waals surface area contributed by atoms with Gasteiger partial charge in [0.05, 0.1) is 6.54 Å². The van der Waals surface area contributed by atoms with Crippen LogP contribution >= 0.6 is 0 Å². The molecule has 122 valence electrons. The van der Waals surface area contributed by atoms with Gasteiger partial charge in [-0.2, -0.15) is 0 Å². The molecule has 0 atom stereocenters. The van der Waals surface area contributed by atoms with Gasteiger partial charge in [-0.1, -0.05) is 26.8 Å². The molecule has 0 saturated heterocycles. The lowest BCUT2D eigenvalue weighted by Crippen LogP contribution is -2.30. The molecular formula is C18H28N2O2. The first-order valence-corrected chi connectivity index (χ1v) is 8.29. The molecule has 1 aromatic rings. The Morgan fingerprint density at radius 3 is 2.50 bits per heavy atom. The van der Waals surface area contributed by atoms with Crippen molar-refractivity contribution in [2.24, 2.45) is 17.3 Å². The van der Waals surface area contributed by atoms with Crippen LogP contribution < -0.4 is 10.9 Å². The maximum Gasteiger partial charge on any atom is 0.248 e. The summed E-state index contributed by atoms with van der Waals surface area (Å²) in [6, 6.07) is 4.99. The molecule has 0 unspecified atom stereocenters. The van der Waals surface area contributed by atoms with Crippen LogP contribution in [0.3, 0.4) is 0 Å². The van der Waals surface area contributed by atoms with E-state index < -0.39 is 0 Å². The molecule has 0 bridgehead atoms. The van der Waals surface area contributed by atoms with E-state index in [1.807, 2.05) is 6.07 Å². The first-order chi connectivity index (χ1) is 10.3. The summed E-state index contributed by atoms with van der Waals surface area (Å²) < 4.78 is 0. The van der Waals surface area contributed by atoms with Crippen LogP contribution in [0.5, 0.6) is 0 Å². The third kappa shape index (κ3) is 5.00. The Balaban J connectivity index is 1.73. The number of carbonyl (C=O) groups excluding carboxylic acids is 1. The van der Waals surface area contributed by atoms with Crippen molar-refractivity contribution >= 4 is 5.91 Å². The Hall–Kier alpha value is -1.58. The van der Waals surface area contributed by atoms with Crippen LogP contribution in [0.2, 0.25) is 0 Å². The van der Waals surface area contributed by atoms with E-state index >= 15 is 0 Å². The van der Waals surface area contributed by atoms with Crippen LogP contribution in [0.4, 0.5) is 0 Å². The molecule has 1 amide bonds. The molecule has 4 nitrogen and oxygen atoms in total. The van der Waals surface area contributed by atoms with Gasteiger partial charge < -0.3 is 10.3 Å². The lowest BCUT2D eigenvalue weighted by Gasteiger charge is -2.36. The molecule has 0 aromatic carbocycles. The molecule has 0 spiro atoms. The summed E-state index contributed by atoms with van der Waals surface area (Å²) in [5.74, 6) is 1.37. The molecule has 1 heterocycles. The molecule has 2 rings (SSSR count). The van der Waals surface area contributed by atoms with Gasteiger partial charge in [-0.15, -0.1) is 0 Å². The molecule has 2 N–H and O–H groups in total. The Kier molecular flexibility index (Phi) is 5.43. The SMILES string of the molecule is CC(C)(C)C1CCC(CC(=O)NCc2cccc(=O)[nH]2)CC1. The molecule has 1 fully saturated rings. The summed E-state index contributed by atoms with van der Waals surface area (Å²) in [7, 11) is 0. The Morgan fingerprint density at radius 1 is 1.23 bits per heavy atom. The van der Waals surface area contributed by atoms with E-state index in [-0.39, 0.29) is 11.5 Å². The largest absolute Gasteiger partial charge is 0.351 e. The number of H-pyrrole nitrogens is 1. The van der Waals surface area contributed by atoms with Gasteiger partial charge in [0.25, 0.3) is 0 Å². The second-order valence-corrected chi connectivity index (χ2v) is 7.60. The molecule has 1 aromatic heterocycles. The monoisotopic (exact) mass is 304 g/mol. The summed E-state index contributed by atoms with van der Waals surface area (Å²) in [4.78, 5) is 26.0. The number of pyridine rings is 1. The predicted octanol–water partition coefficient (Wildman–Crippen LogP) is 3.23. The number of hydrogen-bond donors (Lipinski definition) is 2. The maximum atomic E-state index is 12.0. The highest BCUT2D eigenvalue weighted by atomic mass is 16.1. The van der Waals surface area contributed by atoms with E-state index in [4.69, 9.17) is 0 Å². The first kappa shape index (κ1) is 16.8. The third-order valence-electron chi connectivity index (χ3n) is 4.85. The summed E-state index contributed by atoms with van der Waals surface area (Å²) in [6.45, 7) is 7.33. The van der Waals surface area contributed by atoms with Crippen LogP contribution in [0.15, 0.2) is 23.0 Å². The summed E-state index contributed by atoms with van der Waals surface area (Å²) >= 11 is 0. The van der Waals surface area contributed by atoms with Crippen LogP contribution in [0.1, 0.15) is 58.6 Å². The average molecular weight is 304 g/mol. The van der Waals surface area contributed by atoms with Crippen molar-refractivity contribution < 1.29 is 4.79 Å². The minimum Gasteiger partial charge on any atom is -0.351 e. The fraction of sp³-hybridized carbons (Fsp3) is 0.667. The summed E-state index contributed by atoms with van der Waals surface area (Å²) in [5.41, 5.74) is 0.997. The van der Waals surface area contributed by atoms with Crippen LogP contribution in [-0.4, -0.2) is 10.9 Å². The third-order valence-corrected chi connectivity index (χ3v) is 4.85. The van der Waals surface area contributed by atoms with Crippen molar-refractivity contribution in [1.29, 1.82) is 0 Å². The summed E-state index contributed by atoms with van der Waals surface area (Å²) in [5, 5.41) is 2.91. The predicted molar refractivity (Wildman–Crippen MR) is 88.4 cm³/mol. The maximum absolute atomic E-state index is 12.0. The van der Waals surface area contributed by atoms with Gasteiger partial charge in [-0.05, 0) is 49.0 Å². The van der Waals surface area contributed by atoms with Gasteiger partial charge in [0.1, 0.15) is 0 Å². The molecule has 4 heteroatoms. The van der Waals surface area contributed by atoms with Crippen LogP contribution in [0.25, 0.3) is 0 Å². The van der Waals surface area contributed by atoms with E-state index in [1.165, 1.54) is 18.9 Å². The number of aromatic nitrogens is 1. The minimum atomic E-state index is -0.132. The number of rotatable bonds is 4. The molecule has 1 aliphatic carbocycles. The number of carbonyl (C=O) groups is 1. The van der Waals surface area contributed by atoms with Crippen LogP contribution in [-0.2, 0) is 11.3 Å². The Morgan fingerprint density at radius 2 is 1.91 bits per heavy atom. The molecule has 0 radical (unpaired) electrons. The van der Waals surface area contributed by atoms with Crippen molar-refractivity contribution in [1.82, 2.24) is 10.3 Å². The second-order valence-electron chi connectivity index (χ2n) is 7.60. The number of amides is 1. The van der Waals surface area contributed by atoms with Crippen molar-refractivity contribution in [2.45, 2.75) is 59.4 Å². The van der Waals surface area contributed by atoms with Gasteiger partial charge in [-0.25, -0.2) is 0 Å². The van der Waals surface area contributed by atoms with Gasteiger partial charge in [-0.3, -0.25) is 9.59 Å². The highest BCUT2D eigenvalue weighted by Crippen LogP contribution is 2.40. The average Bonchev–Trinajstić information content (AvgIpc) is 2.45. The van der Waals surface area contributed by atoms with Crippen molar-refractivity contribution in [3.63, 3.8) is 0 Å². The quantitative estimate of drug-likeness (QED) is 0.897. The van der Waals surface area contributed by atoms with Gasteiger partial charge in [0, 0.05) is 18.2 Å². The second kappa shape index (κ2) is 7.12. The van der Waals surface area contributed by atoms with Gasteiger partial charge in [0.2, 0.25) is 11.5 Å². The van der Waals surface area contributed by atoms with Crippen molar-refractivity contribution in [3.05, 3.63) is 34.2 Å². The van der Waals surface area contributed by atoms with Crippen molar-refractivity contribution in [2.75, 3.05) is 0 Å². The molecule has 1 aliphatic rings. The Labute approximate surface area is 132 Å². The standard InChI is InChI=1S/C18H28N2O2/c1-18(2,3)14-9-7-13(8-10-14)11-17(22)19-12-15-5-4-6-16(21)20-15/h4-6,13-14H,7-12H2,1-3H3,(H,19,22)(H,20,21). The Bertz CT molecular complexity index is 549. The molecule has 0 aliphatic heterocycles. The van der Waals surface area contributed by atoms with E-state index in [1.54, 1.807) is 6.07 Å². The van der Waals surface area contributed by atoms with E-state index in [9.17, 15) is 9.59 Å². The number of nitrogens with one attached hydrogen (secondary N) is 2. The lowest BCUT2D eigenvalue weighted by atomic mass is 9.69. The number of hydrogen-bond acceptors (Lipinski definition) is 2. The van der Waals surface area contributed by atoms with E-state index in [0.29, 0.717) is 24.3 Å². The zero-order chi connectivity index (χ0) is 16.2. The normalized spacial score (nSPS) is 22.3. The number of aromatic amines is 1. The van der Waals surface area contributed by atoms with E-state index in [0.717, 1.165) is 24.5 Å². The topological polar surface area (TPSA) is 62.0 Å². The molecule has 22 heavy (non-hydrogen) atoms. The smallest absolute Gasteiger partial charge is 0.248 e. The van der Waals surface area contributed by atoms with Crippen LogP contribution in [0, 0.1) is 17.3 Å². The first-order valence-electron chi connectivity index (χ1n) is 8.29. The fourth-order valence-corrected chi connectivity index (χ4v) is 3.36. The van der Waals surface area contributed by atoms with Gasteiger partial charge in [0.15, 0.2) is 0 Å². The molecular weight excluding hydrogens is 276 g/mol. The van der Waals surface area contributed by atoms with E-state index in [2.05, 4.69) is 31.1 Å². The van der Waals surface area contributed by atoms with Crippen molar-refractivity contribution in [3.8, 4) is 0 Å². The zero-order valence-corrected chi connectivity index (χ0v) is 13.9. The molecule has 1 saturated carbocycles. The highest BCUT2D eigenvalue weighted by Gasteiger charge is 2.30. The fourth-order valence-electron chi connectivity index (χ4n) is 3.36. The van der Waals surface area contributed by atoms with Gasteiger partial charge >= 0.3 is 0 Å². The highest BCUT2D eigenvalue weighted by molar-refractivity contribution is 5.76. The lowest BCUT2D eigenvalue weighted by molar-refractivity contribution is -0.122.